The van der Waals surface area contributed by atoms with Gasteiger partial charge in [0.2, 0.25) is 5.91 Å². The van der Waals surface area contributed by atoms with Crippen molar-refractivity contribution < 1.29 is 29.3 Å². The molecule has 1 amide bonds. The molecule has 1 spiro atoms. The molecule has 7 heteroatoms. The monoisotopic (exact) mass is 715 g/mol. The fraction of sp³-hybridized carbons (Fsp3) is 0.622. The lowest BCUT2D eigenvalue weighted by Gasteiger charge is -2.49. The van der Waals surface area contributed by atoms with Gasteiger partial charge >= 0.3 is 5.97 Å². The van der Waals surface area contributed by atoms with Gasteiger partial charge < -0.3 is 20.3 Å². The SMILES string of the molecule is C=C1[C@H](C)[C@@H]2[C@@H](Cc3ccccc3)NC(=O)[C@@]23C(=O)C[C@@H](OC(=O)CCC(C)C/C=C/C=C/CCCCCCC)[C@](C)(O)C[C@H](C)C/C=C/[C@@H]3[C@H]1O. The van der Waals surface area contributed by atoms with Crippen LogP contribution in [0, 0.1) is 35.0 Å². The molecule has 1 unspecified atom stereocenters. The number of ether oxygens (including phenoxy) is 1. The van der Waals surface area contributed by atoms with Crippen LogP contribution in [0.3, 0.4) is 0 Å². The number of carbonyl (C=O) groups is 3. The van der Waals surface area contributed by atoms with Crippen molar-refractivity contribution in [2.75, 3.05) is 0 Å². The van der Waals surface area contributed by atoms with Crippen LogP contribution in [-0.2, 0) is 25.5 Å². The van der Waals surface area contributed by atoms with E-state index in [4.69, 9.17) is 4.74 Å². The van der Waals surface area contributed by atoms with Crippen LogP contribution in [-0.4, -0.2) is 51.7 Å². The number of amides is 1. The van der Waals surface area contributed by atoms with Gasteiger partial charge in [0.25, 0.3) is 0 Å². The van der Waals surface area contributed by atoms with E-state index in [1.54, 1.807) is 6.92 Å². The van der Waals surface area contributed by atoms with Gasteiger partial charge in [0.1, 0.15) is 11.5 Å². The number of unbranched alkanes of at least 4 members (excludes halogenated alkanes) is 5. The van der Waals surface area contributed by atoms with Gasteiger partial charge in [-0.25, -0.2) is 0 Å². The van der Waals surface area contributed by atoms with Crippen molar-refractivity contribution in [1.82, 2.24) is 5.32 Å². The highest BCUT2D eigenvalue weighted by Gasteiger charge is 2.68. The van der Waals surface area contributed by atoms with Crippen molar-refractivity contribution >= 4 is 17.7 Å². The maximum Gasteiger partial charge on any atom is 0.306 e. The lowest BCUT2D eigenvalue weighted by Crippen LogP contribution is -2.59. The van der Waals surface area contributed by atoms with Crippen LogP contribution in [0.25, 0.3) is 0 Å². The number of aliphatic hydroxyl groups excluding tert-OH is 1. The summed E-state index contributed by atoms with van der Waals surface area (Å²) in [5, 5.41) is 26.7. The molecule has 2 aliphatic carbocycles. The van der Waals surface area contributed by atoms with Gasteiger partial charge in [-0.05, 0) is 80.8 Å². The molecule has 286 valence electrons. The van der Waals surface area contributed by atoms with Gasteiger partial charge in [-0.15, -0.1) is 0 Å². The number of hydrogen-bond acceptors (Lipinski definition) is 6. The number of carbonyl (C=O) groups excluding carboxylic acids is 3. The second kappa shape index (κ2) is 19.2. The third kappa shape index (κ3) is 10.0. The topological polar surface area (TPSA) is 113 Å². The van der Waals surface area contributed by atoms with Crippen LogP contribution in [0.2, 0.25) is 0 Å². The predicted molar refractivity (Wildman–Crippen MR) is 208 cm³/mol. The summed E-state index contributed by atoms with van der Waals surface area (Å²) < 4.78 is 6.04. The van der Waals surface area contributed by atoms with E-state index in [1.165, 1.54) is 32.1 Å². The minimum atomic E-state index is -1.62. The molecule has 0 bridgehead atoms. The summed E-state index contributed by atoms with van der Waals surface area (Å²) in [5.41, 5.74) is -1.49. The van der Waals surface area contributed by atoms with E-state index < -0.39 is 52.7 Å². The summed E-state index contributed by atoms with van der Waals surface area (Å²) in [6.45, 7) is 14.1. The molecule has 1 aromatic rings. The standard InChI is InChI=1S/C45H65NO6/c1-7-8-9-10-11-12-13-14-15-17-21-31(2)26-27-40(48)52-39-29-38(47)45-36(25-20-22-32(3)30-44(39,6)51)42(49)34(5)33(4)41(45)37(46-43(45)50)28-35-23-18-16-19-24-35/h13-20,23-25,31-33,36-37,39,41-42,49,51H,5,7-12,21-22,26-30H2,1-4,6H3,(H,46,50)/b14-13+,17-15+,25-20+/t31?,32-,33+,36-,37-,39-,41-,42+,44-,45+/m1/s1. The van der Waals surface area contributed by atoms with E-state index >= 15 is 0 Å². The van der Waals surface area contributed by atoms with E-state index in [0.717, 1.165) is 18.4 Å². The van der Waals surface area contributed by atoms with Crippen LogP contribution in [0.1, 0.15) is 117 Å². The molecule has 10 atom stereocenters. The molecule has 0 aromatic heterocycles. The summed E-state index contributed by atoms with van der Waals surface area (Å²) in [6, 6.07) is 9.48. The zero-order valence-corrected chi connectivity index (χ0v) is 32.4. The summed E-state index contributed by atoms with van der Waals surface area (Å²) in [5.74, 6) is -2.75. The lowest BCUT2D eigenvalue weighted by atomic mass is 9.51. The quantitative estimate of drug-likeness (QED) is 0.0553. The number of Topliss-reactive ketones (excluding diaryl/α,β-unsaturated/α-hetero) is 1. The van der Waals surface area contributed by atoms with E-state index in [1.807, 2.05) is 56.3 Å². The molecule has 1 aromatic carbocycles. The molecular formula is C45H65NO6. The van der Waals surface area contributed by atoms with Crippen molar-refractivity contribution in [3.05, 3.63) is 84.5 Å². The van der Waals surface area contributed by atoms with E-state index in [-0.39, 0.29) is 36.6 Å². The van der Waals surface area contributed by atoms with Crippen molar-refractivity contribution in [2.45, 2.75) is 142 Å². The van der Waals surface area contributed by atoms with Crippen molar-refractivity contribution in [1.29, 1.82) is 0 Å². The summed E-state index contributed by atoms with van der Waals surface area (Å²) in [4.78, 5) is 42.7. The maximum atomic E-state index is 14.9. The van der Waals surface area contributed by atoms with E-state index in [0.29, 0.717) is 31.3 Å². The number of nitrogens with one attached hydrogen (secondary N) is 1. The highest BCUT2D eigenvalue weighted by atomic mass is 16.6. The number of rotatable bonds is 15. The Labute approximate surface area is 313 Å². The Morgan fingerprint density at radius 2 is 1.81 bits per heavy atom. The van der Waals surface area contributed by atoms with Gasteiger partial charge in [-0.3, -0.25) is 14.4 Å². The second-order valence-corrected chi connectivity index (χ2v) is 16.4. The minimum Gasteiger partial charge on any atom is -0.459 e. The van der Waals surface area contributed by atoms with Crippen molar-refractivity contribution in [3.8, 4) is 0 Å². The molecule has 7 nitrogen and oxygen atoms in total. The van der Waals surface area contributed by atoms with Crippen molar-refractivity contribution in [2.24, 2.45) is 35.0 Å². The first-order chi connectivity index (χ1) is 24.8. The highest BCUT2D eigenvalue weighted by molar-refractivity contribution is 6.09. The molecule has 1 saturated carbocycles. The van der Waals surface area contributed by atoms with Gasteiger partial charge in [-0.1, -0.05) is 127 Å². The maximum absolute atomic E-state index is 14.9. The van der Waals surface area contributed by atoms with Gasteiger partial charge in [0, 0.05) is 30.7 Å². The molecular weight excluding hydrogens is 650 g/mol. The Hall–Kier alpha value is -3.29. The predicted octanol–water partition coefficient (Wildman–Crippen LogP) is 8.40. The first-order valence-electron chi connectivity index (χ1n) is 20.0. The Kier molecular flexibility index (Phi) is 15.3. The summed E-state index contributed by atoms with van der Waals surface area (Å²) in [7, 11) is 0. The lowest BCUT2D eigenvalue weighted by molar-refractivity contribution is -0.171. The van der Waals surface area contributed by atoms with Crippen LogP contribution in [0.5, 0.6) is 0 Å². The molecule has 1 aliphatic heterocycles. The van der Waals surface area contributed by atoms with Gasteiger partial charge in [0.15, 0.2) is 5.78 Å². The molecule has 3 aliphatic rings. The molecule has 2 fully saturated rings. The van der Waals surface area contributed by atoms with E-state index in [9.17, 15) is 24.6 Å². The Morgan fingerprint density at radius 1 is 1.10 bits per heavy atom. The molecule has 4 rings (SSSR count). The summed E-state index contributed by atoms with van der Waals surface area (Å²) >= 11 is 0. The second-order valence-electron chi connectivity index (χ2n) is 16.4. The Balaban J connectivity index is 1.50. The smallest absolute Gasteiger partial charge is 0.306 e. The number of hydrogen-bond donors (Lipinski definition) is 3. The average Bonchev–Trinajstić information content (AvgIpc) is 3.39. The van der Waals surface area contributed by atoms with Crippen LogP contribution in [0.4, 0.5) is 0 Å². The number of esters is 1. The zero-order chi connectivity index (χ0) is 37.9. The largest absolute Gasteiger partial charge is 0.459 e. The van der Waals surface area contributed by atoms with Crippen LogP contribution >= 0.6 is 0 Å². The average molecular weight is 716 g/mol. The normalized spacial score (nSPS) is 33.7. The first kappa shape index (κ1) is 41.5. The van der Waals surface area contributed by atoms with Crippen molar-refractivity contribution in [3.63, 3.8) is 0 Å². The summed E-state index contributed by atoms with van der Waals surface area (Å²) in [6.07, 6.45) is 20.1. The van der Waals surface area contributed by atoms with Gasteiger partial charge in [0.05, 0.1) is 11.7 Å². The fourth-order valence-corrected chi connectivity index (χ4v) is 8.98. The zero-order valence-electron chi connectivity index (χ0n) is 32.4. The third-order valence-corrected chi connectivity index (χ3v) is 12.0. The molecule has 52 heavy (non-hydrogen) atoms. The number of aliphatic hydroxyl groups is 2. The first-order valence-corrected chi connectivity index (χ1v) is 20.0. The number of benzene rings is 1. The van der Waals surface area contributed by atoms with Crippen LogP contribution in [0.15, 0.2) is 78.9 Å². The van der Waals surface area contributed by atoms with Gasteiger partial charge in [-0.2, -0.15) is 0 Å². The molecule has 1 saturated heterocycles. The highest BCUT2D eigenvalue weighted by Crippen LogP contribution is 2.57. The third-order valence-electron chi connectivity index (χ3n) is 12.0. The van der Waals surface area contributed by atoms with E-state index in [2.05, 4.69) is 50.0 Å². The Bertz CT molecular complexity index is 1440. The molecule has 0 radical (unpaired) electrons. The minimum absolute atomic E-state index is 0.0135. The molecule has 3 N–H and O–H groups in total. The fourth-order valence-electron chi connectivity index (χ4n) is 8.98. The molecule has 1 heterocycles. The van der Waals surface area contributed by atoms with Crippen LogP contribution < -0.4 is 5.32 Å². The number of allylic oxidation sites excluding steroid dienone is 5. The Morgan fingerprint density at radius 3 is 2.54 bits per heavy atom. The number of ketones is 1.